The van der Waals surface area contributed by atoms with Gasteiger partial charge in [-0.05, 0) is 0 Å². The summed E-state index contributed by atoms with van der Waals surface area (Å²) in [4.78, 5) is 13.5. The molecule has 0 saturated carbocycles. The van der Waals surface area contributed by atoms with Crippen LogP contribution in [0.25, 0.3) is 0 Å². The highest BCUT2D eigenvalue weighted by atomic mass is 19.4. The van der Waals surface area contributed by atoms with Gasteiger partial charge in [0.1, 0.15) is 0 Å². The van der Waals surface area contributed by atoms with E-state index in [1.807, 2.05) is 0 Å². The van der Waals surface area contributed by atoms with E-state index in [-0.39, 0.29) is 12.0 Å². The normalized spacial score (nSPS) is 11.3. The summed E-state index contributed by atoms with van der Waals surface area (Å²) >= 11 is 0. The molecule has 2 N–H and O–H groups in total. The average molecular weight is 190 g/mol. The van der Waals surface area contributed by atoms with Gasteiger partial charge in [0.15, 0.2) is 6.29 Å². The standard InChI is InChI=1S/C7H5F3N2O/c8-7(9,10)5-1-12-2-6(11)4(5)3-13/h1-3H,11H2. The first-order chi connectivity index (χ1) is 5.96. The second-order valence-electron chi connectivity index (χ2n) is 2.31. The van der Waals surface area contributed by atoms with Crippen molar-refractivity contribution in [3.05, 3.63) is 23.5 Å². The van der Waals surface area contributed by atoms with Crippen LogP contribution in [0.2, 0.25) is 0 Å². The molecule has 6 heteroatoms. The molecule has 1 heterocycles. The van der Waals surface area contributed by atoms with Gasteiger partial charge in [0.25, 0.3) is 0 Å². The second kappa shape index (κ2) is 3.04. The fraction of sp³-hybridized carbons (Fsp3) is 0.143. The van der Waals surface area contributed by atoms with Crippen LogP contribution in [0.1, 0.15) is 15.9 Å². The molecular formula is C7H5F3N2O. The summed E-state index contributed by atoms with van der Waals surface area (Å²) in [5.74, 6) is 0. The van der Waals surface area contributed by atoms with Gasteiger partial charge >= 0.3 is 6.18 Å². The van der Waals surface area contributed by atoms with Crippen molar-refractivity contribution in [3.63, 3.8) is 0 Å². The van der Waals surface area contributed by atoms with Gasteiger partial charge in [0.2, 0.25) is 0 Å². The zero-order valence-electron chi connectivity index (χ0n) is 6.30. The zero-order chi connectivity index (χ0) is 10.1. The average Bonchev–Trinajstić information content (AvgIpc) is 2.02. The van der Waals surface area contributed by atoms with E-state index in [1.54, 1.807) is 0 Å². The molecule has 1 aromatic heterocycles. The minimum absolute atomic E-state index is 0.0693. The molecule has 0 atom stereocenters. The Morgan fingerprint density at radius 1 is 1.38 bits per heavy atom. The molecule has 13 heavy (non-hydrogen) atoms. The molecule has 0 aliphatic rings. The van der Waals surface area contributed by atoms with Crippen molar-refractivity contribution in [2.75, 3.05) is 5.73 Å². The van der Waals surface area contributed by atoms with Crippen molar-refractivity contribution in [1.82, 2.24) is 4.98 Å². The third-order valence-corrected chi connectivity index (χ3v) is 1.44. The van der Waals surface area contributed by atoms with Crippen molar-refractivity contribution in [3.8, 4) is 0 Å². The molecule has 0 spiro atoms. The summed E-state index contributed by atoms with van der Waals surface area (Å²) in [5.41, 5.74) is 3.19. The molecule has 0 bridgehead atoms. The number of aromatic nitrogens is 1. The van der Waals surface area contributed by atoms with Crippen LogP contribution >= 0.6 is 0 Å². The number of alkyl halides is 3. The topological polar surface area (TPSA) is 56.0 Å². The molecular weight excluding hydrogens is 185 g/mol. The minimum Gasteiger partial charge on any atom is -0.397 e. The van der Waals surface area contributed by atoms with E-state index >= 15 is 0 Å². The molecule has 3 nitrogen and oxygen atoms in total. The molecule has 0 unspecified atom stereocenters. The van der Waals surface area contributed by atoms with Gasteiger partial charge in [-0.25, -0.2) is 0 Å². The van der Waals surface area contributed by atoms with Crippen LogP contribution < -0.4 is 5.73 Å². The van der Waals surface area contributed by atoms with Crippen LogP contribution in [0, 0.1) is 0 Å². The van der Waals surface area contributed by atoms with Gasteiger partial charge < -0.3 is 5.73 Å². The summed E-state index contributed by atoms with van der Waals surface area (Å²) in [6.07, 6.45) is -2.96. The van der Waals surface area contributed by atoms with Crippen LogP contribution in [-0.2, 0) is 6.18 Å². The largest absolute Gasteiger partial charge is 0.418 e. The Kier molecular flexibility index (Phi) is 2.22. The molecule has 0 aliphatic carbocycles. The van der Waals surface area contributed by atoms with E-state index in [4.69, 9.17) is 5.73 Å². The van der Waals surface area contributed by atoms with E-state index in [0.717, 1.165) is 6.20 Å². The molecule has 0 aromatic carbocycles. The Morgan fingerprint density at radius 2 is 2.00 bits per heavy atom. The maximum absolute atomic E-state index is 12.2. The highest BCUT2D eigenvalue weighted by Crippen LogP contribution is 2.32. The highest BCUT2D eigenvalue weighted by Gasteiger charge is 2.34. The van der Waals surface area contributed by atoms with Crippen molar-refractivity contribution in [2.45, 2.75) is 6.18 Å². The molecule has 0 saturated heterocycles. The molecule has 1 aromatic rings. The van der Waals surface area contributed by atoms with Crippen LogP contribution in [0.3, 0.4) is 0 Å². The number of aldehydes is 1. The summed E-state index contributed by atoms with van der Waals surface area (Å²) in [6.45, 7) is 0. The number of carbonyl (C=O) groups excluding carboxylic acids is 1. The monoisotopic (exact) mass is 190 g/mol. The predicted octanol–water partition coefficient (Wildman–Crippen LogP) is 1.50. The first kappa shape index (κ1) is 9.50. The number of halogens is 3. The predicted molar refractivity (Wildman–Crippen MR) is 39.0 cm³/mol. The van der Waals surface area contributed by atoms with Gasteiger partial charge in [-0.1, -0.05) is 0 Å². The minimum atomic E-state index is -4.60. The van der Waals surface area contributed by atoms with Crippen LogP contribution in [-0.4, -0.2) is 11.3 Å². The number of pyridine rings is 1. The Bertz CT molecular complexity index is 335. The van der Waals surface area contributed by atoms with E-state index in [1.165, 1.54) is 0 Å². The van der Waals surface area contributed by atoms with E-state index in [0.29, 0.717) is 6.20 Å². The Balaban J connectivity index is 3.37. The highest BCUT2D eigenvalue weighted by molar-refractivity contribution is 5.85. The van der Waals surface area contributed by atoms with Gasteiger partial charge in [0, 0.05) is 6.20 Å². The van der Waals surface area contributed by atoms with E-state index in [9.17, 15) is 18.0 Å². The smallest absolute Gasteiger partial charge is 0.397 e. The lowest BCUT2D eigenvalue weighted by Crippen LogP contribution is -2.11. The second-order valence-corrected chi connectivity index (χ2v) is 2.31. The third kappa shape index (κ3) is 1.77. The number of carbonyl (C=O) groups is 1. The number of nitrogens with two attached hydrogens (primary N) is 1. The number of hydrogen-bond acceptors (Lipinski definition) is 3. The molecule has 0 amide bonds. The molecule has 1 rings (SSSR count). The van der Waals surface area contributed by atoms with Crippen molar-refractivity contribution in [1.29, 1.82) is 0 Å². The van der Waals surface area contributed by atoms with Crippen LogP contribution in [0.4, 0.5) is 18.9 Å². The Labute approximate surface area is 71.4 Å². The van der Waals surface area contributed by atoms with Gasteiger partial charge in [-0.3, -0.25) is 9.78 Å². The van der Waals surface area contributed by atoms with Gasteiger partial charge in [-0.15, -0.1) is 0 Å². The summed E-state index contributed by atoms with van der Waals surface area (Å²) in [7, 11) is 0. The quantitative estimate of drug-likeness (QED) is 0.682. The van der Waals surface area contributed by atoms with Crippen molar-refractivity contribution < 1.29 is 18.0 Å². The number of hydrogen-bond donors (Lipinski definition) is 1. The SMILES string of the molecule is Nc1cncc(C(F)(F)F)c1C=O. The number of rotatable bonds is 1. The fourth-order valence-corrected chi connectivity index (χ4v) is 0.844. The summed E-state index contributed by atoms with van der Waals surface area (Å²) < 4.78 is 36.5. The molecule has 0 radical (unpaired) electrons. The maximum atomic E-state index is 12.2. The van der Waals surface area contributed by atoms with Gasteiger partial charge in [0.05, 0.1) is 23.0 Å². The van der Waals surface area contributed by atoms with E-state index in [2.05, 4.69) is 4.98 Å². The number of nitrogen functional groups attached to an aromatic ring is 1. The third-order valence-electron chi connectivity index (χ3n) is 1.44. The van der Waals surface area contributed by atoms with Gasteiger partial charge in [-0.2, -0.15) is 13.2 Å². The van der Waals surface area contributed by atoms with Crippen LogP contribution in [0.15, 0.2) is 12.4 Å². The van der Waals surface area contributed by atoms with Crippen molar-refractivity contribution >= 4 is 12.0 Å². The lowest BCUT2D eigenvalue weighted by Gasteiger charge is -2.09. The number of nitrogens with zero attached hydrogens (tertiary/aromatic N) is 1. The molecule has 0 aliphatic heterocycles. The lowest BCUT2D eigenvalue weighted by atomic mass is 10.1. The first-order valence-electron chi connectivity index (χ1n) is 3.22. The Hall–Kier alpha value is -1.59. The lowest BCUT2D eigenvalue weighted by molar-refractivity contribution is -0.138. The van der Waals surface area contributed by atoms with E-state index < -0.39 is 17.3 Å². The summed E-state index contributed by atoms with van der Waals surface area (Å²) in [6, 6.07) is 0. The summed E-state index contributed by atoms with van der Waals surface area (Å²) in [5, 5.41) is 0. The Morgan fingerprint density at radius 3 is 2.38 bits per heavy atom. The van der Waals surface area contributed by atoms with Crippen LogP contribution in [0.5, 0.6) is 0 Å². The fourth-order valence-electron chi connectivity index (χ4n) is 0.844. The van der Waals surface area contributed by atoms with Crippen molar-refractivity contribution in [2.24, 2.45) is 0 Å². The molecule has 0 fully saturated rings. The number of anilines is 1. The zero-order valence-corrected chi connectivity index (χ0v) is 6.30. The first-order valence-corrected chi connectivity index (χ1v) is 3.22. The maximum Gasteiger partial charge on any atom is 0.418 e. The molecule has 70 valence electrons.